The summed E-state index contributed by atoms with van der Waals surface area (Å²) in [6, 6.07) is 6.87. The summed E-state index contributed by atoms with van der Waals surface area (Å²) >= 11 is 0. The summed E-state index contributed by atoms with van der Waals surface area (Å²) in [6.45, 7) is 8.78. The molecule has 1 aromatic rings. The molecule has 3 nitrogen and oxygen atoms in total. The Balaban J connectivity index is 2.16. The van der Waals surface area contributed by atoms with Gasteiger partial charge in [-0.2, -0.15) is 0 Å². The van der Waals surface area contributed by atoms with Gasteiger partial charge in [-0.1, -0.05) is 32.0 Å². The number of hydrogen-bond acceptors (Lipinski definition) is 3. The van der Waals surface area contributed by atoms with E-state index in [4.69, 9.17) is 15.5 Å². The number of nitrogens with zero attached hydrogens (tertiary/aromatic N) is 1. The standard InChI is InChI=1S/C18H25FN2O/c1-16(2)9-12-10-17(3,4)22-11-18(12,21-15(16)20)13-7-5-6-8-14(13)19/h5-8,12H,9-11H2,1-4H3,(H2,20,21)/t12-,18+/m1/s1. The lowest BCUT2D eigenvalue weighted by Gasteiger charge is -2.52. The highest BCUT2D eigenvalue weighted by Crippen LogP contribution is 2.52. The van der Waals surface area contributed by atoms with E-state index in [-0.39, 0.29) is 22.8 Å². The lowest BCUT2D eigenvalue weighted by molar-refractivity contribution is -0.123. The van der Waals surface area contributed by atoms with Gasteiger partial charge in [0.25, 0.3) is 0 Å². The SMILES string of the molecule is CC1(C)C[C@H]2CC(C)(C)C(N)=N[C@@]2(c2ccccc2F)CO1. The van der Waals surface area contributed by atoms with E-state index < -0.39 is 5.54 Å². The van der Waals surface area contributed by atoms with E-state index in [1.165, 1.54) is 6.07 Å². The molecule has 1 fully saturated rings. The van der Waals surface area contributed by atoms with Crippen LogP contribution in [0.5, 0.6) is 0 Å². The fourth-order valence-electron chi connectivity index (χ4n) is 3.87. The van der Waals surface area contributed by atoms with Gasteiger partial charge in [0.15, 0.2) is 0 Å². The molecule has 2 aliphatic rings. The molecule has 0 amide bonds. The number of rotatable bonds is 1. The van der Waals surface area contributed by atoms with E-state index >= 15 is 0 Å². The molecule has 0 spiro atoms. The number of hydrogen-bond donors (Lipinski definition) is 1. The number of halogens is 1. The molecule has 0 radical (unpaired) electrons. The lowest BCUT2D eigenvalue weighted by atomic mass is 9.63. The minimum atomic E-state index is -0.694. The number of benzene rings is 1. The molecule has 22 heavy (non-hydrogen) atoms. The number of aliphatic imine (C=N–C) groups is 1. The second-order valence-corrected chi connectivity index (χ2v) is 7.94. The summed E-state index contributed by atoms with van der Waals surface area (Å²) in [5, 5.41) is 0. The van der Waals surface area contributed by atoms with Crippen LogP contribution in [-0.4, -0.2) is 18.0 Å². The topological polar surface area (TPSA) is 47.6 Å². The molecular formula is C18H25FN2O. The van der Waals surface area contributed by atoms with Gasteiger partial charge >= 0.3 is 0 Å². The van der Waals surface area contributed by atoms with Gasteiger partial charge in [0.1, 0.15) is 17.2 Å². The van der Waals surface area contributed by atoms with Gasteiger partial charge in [-0.05, 0) is 38.7 Å². The average Bonchev–Trinajstić information content (AvgIpc) is 2.41. The Morgan fingerprint density at radius 2 is 1.86 bits per heavy atom. The van der Waals surface area contributed by atoms with E-state index in [0.717, 1.165) is 12.8 Å². The Hall–Kier alpha value is -1.42. The van der Waals surface area contributed by atoms with Crippen molar-refractivity contribution in [1.82, 2.24) is 0 Å². The third kappa shape index (κ3) is 2.34. The van der Waals surface area contributed by atoms with Gasteiger partial charge in [0, 0.05) is 11.0 Å². The maximum absolute atomic E-state index is 14.5. The summed E-state index contributed by atoms with van der Waals surface area (Å²) in [5.74, 6) is 0.581. The van der Waals surface area contributed by atoms with E-state index in [1.54, 1.807) is 6.07 Å². The van der Waals surface area contributed by atoms with Crippen molar-refractivity contribution in [2.45, 2.75) is 51.7 Å². The fourth-order valence-corrected chi connectivity index (χ4v) is 3.87. The van der Waals surface area contributed by atoms with Crippen LogP contribution >= 0.6 is 0 Å². The molecule has 0 saturated carbocycles. The molecule has 2 heterocycles. The summed E-state index contributed by atoms with van der Waals surface area (Å²) in [5.41, 5.74) is 5.77. The van der Waals surface area contributed by atoms with Crippen molar-refractivity contribution in [3.05, 3.63) is 35.6 Å². The Bertz CT molecular complexity index is 623. The Morgan fingerprint density at radius 3 is 2.55 bits per heavy atom. The number of amidine groups is 1. The third-order valence-corrected chi connectivity index (χ3v) is 5.21. The molecule has 4 heteroatoms. The molecule has 3 rings (SSSR count). The second-order valence-electron chi connectivity index (χ2n) is 7.94. The molecule has 2 aliphatic heterocycles. The first-order valence-corrected chi connectivity index (χ1v) is 7.91. The number of ether oxygens (including phenoxy) is 1. The zero-order valence-electron chi connectivity index (χ0n) is 13.8. The minimum absolute atomic E-state index is 0.160. The van der Waals surface area contributed by atoms with Crippen LogP contribution in [0.25, 0.3) is 0 Å². The van der Waals surface area contributed by atoms with Crippen molar-refractivity contribution in [3.63, 3.8) is 0 Å². The Kier molecular flexibility index (Phi) is 3.37. The van der Waals surface area contributed by atoms with Gasteiger partial charge in [0.05, 0.1) is 12.2 Å². The molecule has 0 bridgehead atoms. The number of fused-ring (bicyclic) bond motifs is 1. The molecular weight excluding hydrogens is 279 g/mol. The monoisotopic (exact) mass is 304 g/mol. The average molecular weight is 304 g/mol. The van der Waals surface area contributed by atoms with Gasteiger partial charge in [0.2, 0.25) is 0 Å². The smallest absolute Gasteiger partial charge is 0.128 e. The normalized spacial score (nSPS) is 33.0. The van der Waals surface area contributed by atoms with Gasteiger partial charge in [-0.15, -0.1) is 0 Å². The predicted octanol–water partition coefficient (Wildman–Crippen LogP) is 3.62. The van der Waals surface area contributed by atoms with Crippen LogP contribution < -0.4 is 5.73 Å². The highest BCUT2D eigenvalue weighted by Gasteiger charge is 2.54. The zero-order chi connectivity index (χ0) is 16.2. The molecule has 0 aromatic heterocycles. The third-order valence-electron chi connectivity index (χ3n) is 5.21. The van der Waals surface area contributed by atoms with E-state index in [1.807, 2.05) is 12.1 Å². The maximum atomic E-state index is 14.5. The summed E-state index contributed by atoms with van der Waals surface area (Å²) in [6.07, 6.45) is 1.74. The zero-order valence-corrected chi connectivity index (χ0v) is 13.8. The Labute approximate surface area is 131 Å². The van der Waals surface area contributed by atoms with Crippen molar-refractivity contribution in [1.29, 1.82) is 0 Å². The summed E-state index contributed by atoms with van der Waals surface area (Å²) < 4.78 is 20.5. The van der Waals surface area contributed by atoms with E-state index in [2.05, 4.69) is 27.7 Å². The minimum Gasteiger partial charge on any atom is -0.387 e. The van der Waals surface area contributed by atoms with Crippen molar-refractivity contribution in [2.24, 2.45) is 22.1 Å². The Morgan fingerprint density at radius 1 is 1.18 bits per heavy atom. The largest absolute Gasteiger partial charge is 0.387 e. The quantitative estimate of drug-likeness (QED) is 0.861. The first kappa shape index (κ1) is 15.5. The first-order valence-electron chi connectivity index (χ1n) is 7.91. The van der Waals surface area contributed by atoms with E-state index in [9.17, 15) is 4.39 Å². The predicted molar refractivity (Wildman–Crippen MR) is 86.2 cm³/mol. The van der Waals surface area contributed by atoms with Crippen LogP contribution in [0.2, 0.25) is 0 Å². The highest BCUT2D eigenvalue weighted by atomic mass is 19.1. The highest BCUT2D eigenvalue weighted by molar-refractivity contribution is 5.87. The molecule has 1 aromatic carbocycles. The van der Waals surface area contributed by atoms with Crippen LogP contribution in [0, 0.1) is 17.2 Å². The number of nitrogens with two attached hydrogens (primary N) is 1. The van der Waals surface area contributed by atoms with Gasteiger partial charge in [-0.3, -0.25) is 4.99 Å². The van der Waals surface area contributed by atoms with Crippen molar-refractivity contribution >= 4 is 5.84 Å². The van der Waals surface area contributed by atoms with Crippen molar-refractivity contribution in [3.8, 4) is 0 Å². The van der Waals surface area contributed by atoms with Crippen molar-refractivity contribution < 1.29 is 9.13 Å². The molecule has 120 valence electrons. The maximum Gasteiger partial charge on any atom is 0.128 e. The first-order chi connectivity index (χ1) is 10.2. The summed E-state index contributed by atoms with van der Waals surface area (Å²) in [4.78, 5) is 4.81. The molecule has 0 aliphatic carbocycles. The van der Waals surface area contributed by atoms with Crippen LogP contribution in [0.15, 0.2) is 29.3 Å². The van der Waals surface area contributed by atoms with E-state index in [0.29, 0.717) is 18.0 Å². The van der Waals surface area contributed by atoms with Crippen LogP contribution in [0.3, 0.4) is 0 Å². The van der Waals surface area contributed by atoms with Crippen LogP contribution in [0.1, 0.15) is 46.1 Å². The van der Waals surface area contributed by atoms with Crippen LogP contribution in [0.4, 0.5) is 4.39 Å². The molecule has 2 atom stereocenters. The molecule has 2 N–H and O–H groups in total. The fraction of sp³-hybridized carbons (Fsp3) is 0.611. The summed E-state index contributed by atoms with van der Waals surface area (Å²) in [7, 11) is 0. The van der Waals surface area contributed by atoms with Gasteiger partial charge in [-0.25, -0.2) is 4.39 Å². The van der Waals surface area contributed by atoms with Crippen molar-refractivity contribution in [2.75, 3.05) is 6.61 Å². The second kappa shape index (κ2) is 4.79. The van der Waals surface area contributed by atoms with Crippen LogP contribution in [-0.2, 0) is 10.3 Å². The van der Waals surface area contributed by atoms with Gasteiger partial charge < -0.3 is 10.5 Å². The lowest BCUT2D eigenvalue weighted by Crippen LogP contribution is -2.56. The molecule has 0 unspecified atom stereocenters. The molecule has 1 saturated heterocycles.